The summed E-state index contributed by atoms with van der Waals surface area (Å²) < 4.78 is 0. The number of benzene rings is 1. The van der Waals surface area contributed by atoms with Crippen LogP contribution in [-0.4, -0.2) is 6.54 Å². The van der Waals surface area contributed by atoms with Crippen molar-refractivity contribution in [3.63, 3.8) is 0 Å². The molecule has 0 unspecified atom stereocenters. The van der Waals surface area contributed by atoms with E-state index in [0.29, 0.717) is 0 Å². The zero-order chi connectivity index (χ0) is 11.1. The molecule has 1 rings (SSSR count). The molecule has 1 aromatic carbocycles. The lowest BCUT2D eigenvalue weighted by atomic mass is 10.1. The minimum Gasteiger partial charge on any atom is -0.313 e. The van der Waals surface area contributed by atoms with Gasteiger partial charge in [-0.05, 0) is 37.1 Å². The molecule has 0 atom stereocenters. The van der Waals surface area contributed by atoms with Crippen molar-refractivity contribution < 1.29 is 0 Å². The van der Waals surface area contributed by atoms with E-state index >= 15 is 0 Å². The molecule has 0 aliphatic rings. The van der Waals surface area contributed by atoms with Crippen LogP contribution in [0.1, 0.15) is 24.0 Å². The van der Waals surface area contributed by atoms with Gasteiger partial charge in [0.2, 0.25) is 0 Å². The van der Waals surface area contributed by atoms with Crippen molar-refractivity contribution in [2.75, 3.05) is 6.54 Å². The van der Waals surface area contributed by atoms with E-state index in [1.54, 1.807) is 0 Å². The van der Waals surface area contributed by atoms with E-state index in [1.807, 2.05) is 13.0 Å². The van der Waals surface area contributed by atoms with Crippen molar-refractivity contribution >= 4 is 11.6 Å². The minimum absolute atomic E-state index is 0.809. The zero-order valence-electron chi connectivity index (χ0n) is 9.02. The summed E-state index contributed by atoms with van der Waals surface area (Å²) in [5, 5.41) is 4.15. The van der Waals surface area contributed by atoms with Gasteiger partial charge >= 0.3 is 0 Å². The molecular weight excluding hydrogens is 206 g/mol. The molecule has 0 amide bonds. The van der Waals surface area contributed by atoms with Gasteiger partial charge in [0.05, 0.1) is 0 Å². The Kier molecular flexibility index (Phi) is 5.25. The summed E-state index contributed by atoms with van der Waals surface area (Å²) in [5.74, 6) is 2.62. The summed E-state index contributed by atoms with van der Waals surface area (Å²) in [6, 6.07) is 6.12. The SMILES string of the molecule is C#CCCCNCc1ccc(C)cc1Cl. The Hall–Kier alpha value is -0.970. The third kappa shape index (κ3) is 4.38. The summed E-state index contributed by atoms with van der Waals surface area (Å²) >= 11 is 6.10. The topological polar surface area (TPSA) is 12.0 Å². The van der Waals surface area contributed by atoms with Crippen LogP contribution < -0.4 is 5.32 Å². The number of aryl methyl sites for hydroxylation is 1. The molecule has 15 heavy (non-hydrogen) atoms. The van der Waals surface area contributed by atoms with Gasteiger partial charge < -0.3 is 5.32 Å². The van der Waals surface area contributed by atoms with Gasteiger partial charge in [-0.25, -0.2) is 0 Å². The Morgan fingerprint density at radius 3 is 2.93 bits per heavy atom. The van der Waals surface area contributed by atoms with Crippen LogP contribution in [0.25, 0.3) is 0 Å². The fourth-order valence-corrected chi connectivity index (χ4v) is 1.64. The normalized spacial score (nSPS) is 9.93. The average Bonchev–Trinajstić information content (AvgIpc) is 2.20. The van der Waals surface area contributed by atoms with Gasteiger partial charge in [0.1, 0.15) is 0 Å². The number of terminal acetylenes is 1. The number of rotatable bonds is 5. The summed E-state index contributed by atoms with van der Waals surface area (Å²) in [5.41, 5.74) is 2.33. The van der Waals surface area contributed by atoms with Crippen LogP contribution in [-0.2, 0) is 6.54 Å². The number of hydrogen-bond donors (Lipinski definition) is 1. The van der Waals surface area contributed by atoms with E-state index in [9.17, 15) is 0 Å². The standard InChI is InChI=1S/C13H16ClN/c1-3-4-5-8-15-10-12-7-6-11(2)9-13(12)14/h1,6-7,9,15H,4-5,8,10H2,2H3. The largest absolute Gasteiger partial charge is 0.313 e. The van der Waals surface area contributed by atoms with Crippen molar-refractivity contribution in [3.05, 3.63) is 34.3 Å². The highest BCUT2D eigenvalue weighted by Gasteiger charge is 1.99. The number of hydrogen-bond acceptors (Lipinski definition) is 1. The predicted molar refractivity (Wildman–Crippen MR) is 66.0 cm³/mol. The first-order valence-corrected chi connectivity index (χ1v) is 5.51. The molecular formula is C13H16ClN. The van der Waals surface area contributed by atoms with E-state index in [4.69, 9.17) is 18.0 Å². The van der Waals surface area contributed by atoms with Crippen LogP contribution in [0.4, 0.5) is 0 Å². The second-order valence-corrected chi connectivity index (χ2v) is 3.99. The van der Waals surface area contributed by atoms with E-state index < -0.39 is 0 Å². The van der Waals surface area contributed by atoms with Gasteiger partial charge in [-0.3, -0.25) is 0 Å². The molecule has 0 aliphatic carbocycles. The molecule has 1 aromatic rings. The van der Waals surface area contributed by atoms with Crippen LogP contribution in [0.15, 0.2) is 18.2 Å². The molecule has 0 saturated heterocycles. The number of halogens is 1. The van der Waals surface area contributed by atoms with Gasteiger partial charge in [0.15, 0.2) is 0 Å². The van der Waals surface area contributed by atoms with Crippen molar-refractivity contribution in [3.8, 4) is 12.3 Å². The van der Waals surface area contributed by atoms with Crippen molar-refractivity contribution in [2.45, 2.75) is 26.3 Å². The average molecular weight is 222 g/mol. The minimum atomic E-state index is 0.809. The van der Waals surface area contributed by atoms with Crippen LogP contribution in [0.2, 0.25) is 5.02 Å². The summed E-state index contributed by atoms with van der Waals surface area (Å²) in [7, 11) is 0. The first kappa shape index (κ1) is 12.1. The molecule has 1 nitrogen and oxygen atoms in total. The lowest BCUT2D eigenvalue weighted by Gasteiger charge is -2.06. The molecule has 0 heterocycles. The van der Waals surface area contributed by atoms with Crippen LogP contribution in [0, 0.1) is 19.3 Å². The van der Waals surface area contributed by atoms with Gasteiger partial charge in [0.25, 0.3) is 0 Å². The fraction of sp³-hybridized carbons (Fsp3) is 0.385. The molecule has 1 N–H and O–H groups in total. The molecule has 0 fully saturated rings. The molecule has 0 radical (unpaired) electrons. The van der Waals surface area contributed by atoms with E-state index in [2.05, 4.69) is 23.4 Å². The van der Waals surface area contributed by atoms with E-state index in [0.717, 1.165) is 36.5 Å². The Bertz CT molecular complexity index is 352. The third-order valence-electron chi connectivity index (χ3n) is 2.20. The van der Waals surface area contributed by atoms with Crippen LogP contribution in [0.5, 0.6) is 0 Å². The molecule has 0 spiro atoms. The monoisotopic (exact) mass is 221 g/mol. The summed E-state index contributed by atoms with van der Waals surface area (Å²) in [6.45, 7) is 3.79. The molecule has 0 saturated carbocycles. The molecule has 0 aliphatic heterocycles. The first-order chi connectivity index (χ1) is 7.24. The molecule has 2 heteroatoms. The smallest absolute Gasteiger partial charge is 0.0453 e. The van der Waals surface area contributed by atoms with Crippen LogP contribution in [0.3, 0.4) is 0 Å². The van der Waals surface area contributed by atoms with Crippen molar-refractivity contribution in [2.24, 2.45) is 0 Å². The lowest BCUT2D eigenvalue weighted by molar-refractivity contribution is 0.659. The highest BCUT2D eigenvalue weighted by Crippen LogP contribution is 2.17. The Balaban J connectivity index is 2.35. The Morgan fingerprint density at radius 1 is 1.47 bits per heavy atom. The predicted octanol–water partition coefficient (Wildman–Crippen LogP) is 3.15. The first-order valence-electron chi connectivity index (χ1n) is 5.13. The quantitative estimate of drug-likeness (QED) is 0.595. The van der Waals surface area contributed by atoms with Crippen molar-refractivity contribution in [1.82, 2.24) is 5.32 Å². The maximum atomic E-state index is 6.10. The van der Waals surface area contributed by atoms with Crippen LogP contribution >= 0.6 is 11.6 Å². The summed E-state index contributed by atoms with van der Waals surface area (Å²) in [6.07, 6.45) is 7.01. The molecule has 0 bridgehead atoms. The fourth-order valence-electron chi connectivity index (χ4n) is 1.33. The Labute approximate surface area is 96.8 Å². The highest BCUT2D eigenvalue weighted by molar-refractivity contribution is 6.31. The van der Waals surface area contributed by atoms with Gasteiger partial charge in [0, 0.05) is 18.0 Å². The second-order valence-electron chi connectivity index (χ2n) is 3.58. The lowest BCUT2D eigenvalue weighted by Crippen LogP contribution is -2.14. The van der Waals surface area contributed by atoms with E-state index in [1.165, 1.54) is 5.56 Å². The summed E-state index contributed by atoms with van der Waals surface area (Å²) in [4.78, 5) is 0. The third-order valence-corrected chi connectivity index (χ3v) is 2.55. The number of unbranched alkanes of at least 4 members (excludes halogenated alkanes) is 1. The maximum Gasteiger partial charge on any atom is 0.0453 e. The van der Waals surface area contributed by atoms with Gasteiger partial charge in [-0.15, -0.1) is 12.3 Å². The molecule has 80 valence electrons. The highest BCUT2D eigenvalue weighted by atomic mass is 35.5. The number of nitrogens with one attached hydrogen (secondary N) is 1. The zero-order valence-corrected chi connectivity index (χ0v) is 9.77. The van der Waals surface area contributed by atoms with Gasteiger partial charge in [-0.1, -0.05) is 23.7 Å². The van der Waals surface area contributed by atoms with E-state index in [-0.39, 0.29) is 0 Å². The van der Waals surface area contributed by atoms with Gasteiger partial charge in [-0.2, -0.15) is 0 Å². The Morgan fingerprint density at radius 2 is 2.27 bits per heavy atom. The maximum absolute atomic E-state index is 6.10. The molecule has 0 aromatic heterocycles. The second kappa shape index (κ2) is 6.50. The van der Waals surface area contributed by atoms with Crippen molar-refractivity contribution in [1.29, 1.82) is 0 Å².